The number of carbonyl (C=O) groups is 2. The topological polar surface area (TPSA) is 125 Å². The number of carbonyl (C=O) groups excluding carboxylic acids is 2. The van der Waals surface area contributed by atoms with Crippen molar-refractivity contribution in [3.8, 4) is 11.1 Å². The minimum Gasteiger partial charge on any atom is -0.385 e. The Bertz CT molecular complexity index is 1500. The summed E-state index contributed by atoms with van der Waals surface area (Å²) in [5.41, 5.74) is 2.92. The quantitative estimate of drug-likeness (QED) is 0.111. The molecule has 13 heteroatoms. The summed E-state index contributed by atoms with van der Waals surface area (Å²) in [7, 11) is 1.91. The molecule has 1 aliphatic carbocycles. The first-order chi connectivity index (χ1) is 23.0. The molecule has 0 saturated heterocycles. The first kappa shape index (κ1) is 37.5. The lowest BCUT2D eigenvalue weighted by atomic mass is 9.79. The van der Waals surface area contributed by atoms with Crippen LogP contribution in [-0.4, -0.2) is 80.0 Å². The molecule has 0 spiro atoms. The molecule has 0 aromatic carbocycles. The Morgan fingerprint density at radius 3 is 2.54 bits per heavy atom. The molecule has 3 aromatic rings. The number of nitrogens with zero attached hydrogens (tertiary/aromatic N) is 5. The number of ether oxygens (including phenoxy) is 2. The molecule has 1 saturated carbocycles. The van der Waals surface area contributed by atoms with Gasteiger partial charge in [-0.3, -0.25) is 14.3 Å². The number of rotatable bonds is 17. The van der Waals surface area contributed by atoms with Crippen LogP contribution in [0.1, 0.15) is 81.7 Å². The lowest BCUT2D eigenvalue weighted by Crippen LogP contribution is -2.49. The molecule has 1 unspecified atom stereocenters. The molecule has 11 nitrogen and oxygen atoms in total. The summed E-state index contributed by atoms with van der Waals surface area (Å²) in [6, 6.07) is 4.06. The first-order valence-corrected chi connectivity index (χ1v) is 18.9. The fourth-order valence-corrected chi connectivity index (χ4v) is 7.06. The summed E-state index contributed by atoms with van der Waals surface area (Å²) < 4.78 is 30.2. The standard InChI is InChI=1S/C35H52FN7O4S/c1-8-28-31(25(5)41-43(28)22-47-20-21-48(7)23(2)3)27-14-15-30(38-33(27)36)39-35(45)32(26-12-10-24(4)11-13-26)40-34(44)29-16-17-37-42(29)18-9-19-46-6/h14-17,23-24,26,32H,8-13,18-22H2,1-7H3,(H-,38,39,40,44,45)/p+1/t24?,26?,32-,48?/m0/s1. The number of halogens is 1. The second-order valence-corrected chi connectivity index (χ2v) is 15.8. The van der Waals surface area contributed by atoms with Crippen molar-refractivity contribution in [3.05, 3.63) is 47.4 Å². The second kappa shape index (κ2) is 17.9. The van der Waals surface area contributed by atoms with Crippen LogP contribution in [0.25, 0.3) is 11.1 Å². The lowest BCUT2D eigenvalue weighted by Gasteiger charge is -2.32. The number of hydrogen-bond donors (Lipinski definition) is 2. The number of pyridine rings is 1. The predicted octanol–water partition coefficient (Wildman–Crippen LogP) is 5.38. The number of aromatic nitrogens is 5. The number of anilines is 1. The van der Waals surface area contributed by atoms with Gasteiger partial charge in [0.25, 0.3) is 5.91 Å². The van der Waals surface area contributed by atoms with Crippen molar-refractivity contribution in [1.82, 2.24) is 29.9 Å². The maximum absolute atomic E-state index is 15.7. The SMILES string of the molecule is CCc1c(-c2ccc(NC(=O)[C@@H](NC(=O)c3ccnn3CCCOC)C3CCC(C)CC3)nc2F)c(C)nn1COCC[S+](C)C(C)C. The molecule has 1 aliphatic rings. The third-order valence-electron chi connectivity index (χ3n) is 9.27. The van der Waals surface area contributed by atoms with Gasteiger partial charge in [-0.1, -0.05) is 26.7 Å². The van der Waals surface area contributed by atoms with Crippen LogP contribution in [0.2, 0.25) is 0 Å². The zero-order valence-corrected chi connectivity index (χ0v) is 30.4. The molecule has 3 aromatic heterocycles. The van der Waals surface area contributed by atoms with Crippen molar-refractivity contribution < 1.29 is 23.5 Å². The van der Waals surface area contributed by atoms with Crippen LogP contribution >= 0.6 is 0 Å². The second-order valence-electron chi connectivity index (χ2n) is 13.0. The highest BCUT2D eigenvalue weighted by molar-refractivity contribution is 7.96. The monoisotopic (exact) mass is 686 g/mol. The molecule has 2 atom stereocenters. The molecule has 0 aliphatic heterocycles. The van der Waals surface area contributed by atoms with Gasteiger partial charge in [0.15, 0.2) is 0 Å². The zero-order valence-electron chi connectivity index (χ0n) is 29.6. The average Bonchev–Trinajstić information content (AvgIpc) is 3.66. The number of amides is 2. The van der Waals surface area contributed by atoms with Gasteiger partial charge in [-0.15, -0.1) is 0 Å². The van der Waals surface area contributed by atoms with Gasteiger partial charge in [-0.05, 0) is 87.4 Å². The number of aryl methyl sites for hydroxylation is 2. The molecule has 2 amide bonds. The summed E-state index contributed by atoms with van der Waals surface area (Å²) in [6.45, 7) is 12.5. The number of methoxy groups -OCH3 is 1. The van der Waals surface area contributed by atoms with Crippen molar-refractivity contribution in [2.45, 2.75) is 97.7 Å². The summed E-state index contributed by atoms with van der Waals surface area (Å²) in [6.07, 6.45) is 8.69. The van der Waals surface area contributed by atoms with Gasteiger partial charge in [-0.25, -0.2) is 9.67 Å². The summed E-state index contributed by atoms with van der Waals surface area (Å²) >= 11 is 0. The van der Waals surface area contributed by atoms with Crippen LogP contribution in [0, 0.1) is 24.7 Å². The Balaban J connectivity index is 1.49. The average molecular weight is 687 g/mol. The third kappa shape index (κ3) is 9.66. The van der Waals surface area contributed by atoms with E-state index in [0.29, 0.717) is 73.0 Å². The van der Waals surface area contributed by atoms with Crippen LogP contribution in [0.15, 0.2) is 24.4 Å². The Labute approximate surface area is 287 Å². The molecule has 4 rings (SSSR count). The van der Waals surface area contributed by atoms with Crippen LogP contribution in [0.5, 0.6) is 0 Å². The Morgan fingerprint density at radius 1 is 1.12 bits per heavy atom. The van der Waals surface area contributed by atoms with Crippen molar-refractivity contribution in [3.63, 3.8) is 0 Å². The van der Waals surface area contributed by atoms with Gasteiger partial charge in [0, 0.05) is 43.3 Å². The van der Waals surface area contributed by atoms with E-state index in [0.717, 1.165) is 37.1 Å². The minimum absolute atomic E-state index is 0.0593. The van der Waals surface area contributed by atoms with E-state index in [2.05, 4.69) is 52.8 Å². The van der Waals surface area contributed by atoms with Gasteiger partial charge in [-0.2, -0.15) is 14.6 Å². The fraction of sp³-hybridized carbons (Fsp3) is 0.629. The fourth-order valence-electron chi connectivity index (χ4n) is 6.21. The first-order valence-electron chi connectivity index (χ1n) is 17.1. The van der Waals surface area contributed by atoms with Crippen molar-refractivity contribution in [2.75, 3.05) is 37.6 Å². The highest BCUT2D eigenvalue weighted by Crippen LogP contribution is 2.32. The lowest BCUT2D eigenvalue weighted by molar-refractivity contribution is -0.119. The minimum atomic E-state index is -0.812. The van der Waals surface area contributed by atoms with E-state index >= 15 is 4.39 Å². The van der Waals surface area contributed by atoms with Crippen molar-refractivity contribution in [1.29, 1.82) is 0 Å². The smallest absolute Gasteiger partial charge is 0.270 e. The highest BCUT2D eigenvalue weighted by Gasteiger charge is 2.34. The third-order valence-corrected chi connectivity index (χ3v) is 11.7. The maximum Gasteiger partial charge on any atom is 0.270 e. The van der Waals surface area contributed by atoms with E-state index in [4.69, 9.17) is 9.47 Å². The van der Waals surface area contributed by atoms with Crippen LogP contribution < -0.4 is 10.6 Å². The number of nitrogens with one attached hydrogen (secondary N) is 2. The normalized spacial score (nSPS) is 17.8. The summed E-state index contributed by atoms with van der Waals surface area (Å²) in [4.78, 5) is 31.4. The summed E-state index contributed by atoms with van der Waals surface area (Å²) in [5.74, 6) is 0.0730. The van der Waals surface area contributed by atoms with Crippen molar-refractivity contribution >= 4 is 28.5 Å². The van der Waals surface area contributed by atoms with Gasteiger partial charge in [0.1, 0.15) is 35.3 Å². The van der Waals surface area contributed by atoms with Gasteiger partial charge >= 0.3 is 0 Å². The molecule has 1 fully saturated rings. The molecule has 2 N–H and O–H groups in total. The number of hydrogen-bond acceptors (Lipinski definition) is 7. The predicted molar refractivity (Wildman–Crippen MR) is 189 cm³/mol. The van der Waals surface area contributed by atoms with Crippen LogP contribution in [0.3, 0.4) is 0 Å². The Hall–Kier alpha value is -3.29. The molecule has 264 valence electrons. The Kier molecular flexibility index (Phi) is 14.0. The van der Waals surface area contributed by atoms with Crippen LogP contribution in [-0.2, 0) is 44.9 Å². The largest absolute Gasteiger partial charge is 0.385 e. The molecule has 0 radical (unpaired) electrons. The van der Waals surface area contributed by atoms with E-state index < -0.39 is 17.9 Å². The van der Waals surface area contributed by atoms with Gasteiger partial charge < -0.3 is 20.1 Å². The Morgan fingerprint density at radius 2 is 1.88 bits per heavy atom. The highest BCUT2D eigenvalue weighted by atomic mass is 32.2. The molecule has 3 heterocycles. The van der Waals surface area contributed by atoms with Crippen LogP contribution in [0.4, 0.5) is 10.2 Å². The maximum atomic E-state index is 15.7. The van der Waals surface area contributed by atoms with E-state index in [1.54, 1.807) is 40.9 Å². The van der Waals surface area contributed by atoms with E-state index in [-0.39, 0.29) is 28.5 Å². The van der Waals surface area contributed by atoms with E-state index in [1.807, 2.05) is 13.8 Å². The zero-order chi connectivity index (χ0) is 34.8. The van der Waals surface area contributed by atoms with E-state index in [1.165, 1.54) is 0 Å². The molecule has 48 heavy (non-hydrogen) atoms. The van der Waals surface area contributed by atoms with Gasteiger partial charge in [0.05, 0.1) is 18.6 Å². The summed E-state index contributed by atoms with van der Waals surface area (Å²) in [5, 5.41) is 15.3. The molecular formula is C35H53FN7O4S+. The van der Waals surface area contributed by atoms with Gasteiger partial charge in [0.2, 0.25) is 11.9 Å². The molecule has 0 bridgehead atoms. The van der Waals surface area contributed by atoms with E-state index in [9.17, 15) is 9.59 Å². The van der Waals surface area contributed by atoms with Crippen molar-refractivity contribution in [2.24, 2.45) is 11.8 Å². The molecular weight excluding hydrogens is 633 g/mol.